The predicted octanol–water partition coefficient (Wildman–Crippen LogP) is 4.39. The van der Waals surface area contributed by atoms with Crippen LogP contribution in [0.5, 0.6) is 0 Å². The second-order valence-corrected chi connectivity index (χ2v) is 7.33. The molecule has 0 atom stereocenters. The summed E-state index contributed by atoms with van der Waals surface area (Å²) < 4.78 is 5.73. The second kappa shape index (κ2) is 9.26. The normalized spacial score (nSPS) is 10.6. The van der Waals surface area contributed by atoms with Gasteiger partial charge in [-0.2, -0.15) is 0 Å². The van der Waals surface area contributed by atoms with E-state index >= 15 is 0 Å². The van der Waals surface area contributed by atoms with Crippen LogP contribution in [0.2, 0.25) is 0 Å². The van der Waals surface area contributed by atoms with Gasteiger partial charge in [-0.05, 0) is 67.4 Å². The van der Waals surface area contributed by atoms with Crippen LogP contribution in [0.25, 0.3) is 22.9 Å². The number of carbonyl (C=O) groups excluding carboxylic acids is 2. The predicted molar refractivity (Wildman–Crippen MR) is 122 cm³/mol. The van der Waals surface area contributed by atoms with Crippen LogP contribution in [0.3, 0.4) is 0 Å². The Morgan fingerprint density at radius 3 is 2.16 bits per heavy atom. The molecule has 0 aliphatic rings. The van der Waals surface area contributed by atoms with Gasteiger partial charge >= 0.3 is 0 Å². The second-order valence-electron chi connectivity index (χ2n) is 7.33. The molecule has 160 valence electrons. The monoisotopic (exact) mass is 426 g/mol. The van der Waals surface area contributed by atoms with Crippen molar-refractivity contribution in [1.29, 1.82) is 0 Å². The molecule has 0 radical (unpaired) electrons. The van der Waals surface area contributed by atoms with Crippen molar-refractivity contribution in [3.8, 4) is 22.9 Å². The lowest BCUT2D eigenvalue weighted by Gasteiger charge is -2.11. The van der Waals surface area contributed by atoms with E-state index in [-0.39, 0.29) is 18.4 Å². The lowest BCUT2D eigenvalue weighted by Crippen LogP contribution is -2.33. The Morgan fingerprint density at radius 2 is 1.47 bits per heavy atom. The van der Waals surface area contributed by atoms with Crippen LogP contribution in [-0.4, -0.2) is 28.6 Å². The molecule has 2 N–H and O–H groups in total. The van der Waals surface area contributed by atoms with Crippen LogP contribution in [-0.2, 0) is 4.79 Å². The first-order chi connectivity index (χ1) is 15.5. The zero-order chi connectivity index (χ0) is 22.5. The Labute approximate surface area is 185 Å². The molecule has 32 heavy (non-hydrogen) atoms. The highest BCUT2D eigenvalue weighted by Crippen LogP contribution is 2.24. The summed E-state index contributed by atoms with van der Waals surface area (Å²) in [4.78, 5) is 24.6. The van der Waals surface area contributed by atoms with Gasteiger partial charge in [0, 0.05) is 22.4 Å². The van der Waals surface area contributed by atoms with Gasteiger partial charge in [-0.3, -0.25) is 9.59 Å². The largest absolute Gasteiger partial charge is 0.416 e. The van der Waals surface area contributed by atoms with Gasteiger partial charge in [0.25, 0.3) is 5.91 Å². The molecule has 7 heteroatoms. The number of carbonyl (C=O) groups is 2. The number of aromatic nitrogens is 2. The molecule has 4 rings (SSSR count). The van der Waals surface area contributed by atoms with Gasteiger partial charge in [0.2, 0.25) is 17.7 Å². The van der Waals surface area contributed by atoms with E-state index in [1.165, 1.54) is 0 Å². The zero-order valence-corrected chi connectivity index (χ0v) is 17.8. The standard InChI is InChI=1S/C25H22N4O3/c1-16-7-6-10-21(17(16)2)27-22(30)15-26-23(31)18-11-13-20(14-12-18)25-29-28-24(32-25)19-8-4-3-5-9-19/h3-14H,15H2,1-2H3,(H,26,31)(H,27,30). The fraction of sp³-hybridized carbons (Fsp3) is 0.120. The smallest absolute Gasteiger partial charge is 0.251 e. The molecule has 0 saturated carbocycles. The first kappa shape index (κ1) is 21.0. The molecule has 3 aromatic carbocycles. The van der Waals surface area contributed by atoms with Gasteiger partial charge in [0.1, 0.15) is 0 Å². The van der Waals surface area contributed by atoms with Crippen molar-refractivity contribution in [1.82, 2.24) is 15.5 Å². The number of amides is 2. The molecule has 0 unspecified atom stereocenters. The summed E-state index contributed by atoms with van der Waals surface area (Å²) in [6.45, 7) is 3.79. The minimum absolute atomic E-state index is 0.127. The molecule has 0 spiro atoms. The molecule has 0 saturated heterocycles. The van der Waals surface area contributed by atoms with E-state index in [2.05, 4.69) is 20.8 Å². The third-order valence-corrected chi connectivity index (χ3v) is 5.13. The number of rotatable bonds is 6. The Hall–Kier alpha value is -4.26. The zero-order valence-electron chi connectivity index (χ0n) is 17.8. The Morgan fingerprint density at radius 1 is 0.812 bits per heavy atom. The maximum atomic E-state index is 12.4. The number of anilines is 1. The molecule has 0 fully saturated rings. The summed E-state index contributed by atoms with van der Waals surface area (Å²) in [7, 11) is 0. The van der Waals surface area contributed by atoms with E-state index in [1.807, 2.05) is 62.4 Å². The van der Waals surface area contributed by atoms with E-state index in [0.717, 1.165) is 22.4 Å². The third-order valence-electron chi connectivity index (χ3n) is 5.13. The van der Waals surface area contributed by atoms with Gasteiger partial charge < -0.3 is 15.1 Å². The number of nitrogens with one attached hydrogen (secondary N) is 2. The van der Waals surface area contributed by atoms with Gasteiger partial charge in [-0.1, -0.05) is 30.3 Å². The quantitative estimate of drug-likeness (QED) is 0.477. The summed E-state index contributed by atoms with van der Waals surface area (Å²) in [6, 6.07) is 21.9. The third kappa shape index (κ3) is 4.73. The summed E-state index contributed by atoms with van der Waals surface area (Å²) >= 11 is 0. The molecule has 7 nitrogen and oxygen atoms in total. The van der Waals surface area contributed by atoms with Crippen molar-refractivity contribution in [3.05, 3.63) is 89.5 Å². The Balaban J connectivity index is 1.36. The molecule has 1 aromatic heterocycles. The number of aryl methyl sites for hydroxylation is 1. The van der Waals surface area contributed by atoms with E-state index < -0.39 is 0 Å². The van der Waals surface area contributed by atoms with Crippen molar-refractivity contribution < 1.29 is 14.0 Å². The van der Waals surface area contributed by atoms with E-state index in [1.54, 1.807) is 24.3 Å². The average Bonchev–Trinajstić information content (AvgIpc) is 3.32. The van der Waals surface area contributed by atoms with Crippen molar-refractivity contribution in [3.63, 3.8) is 0 Å². The Bertz CT molecular complexity index is 1250. The minimum atomic E-state index is -0.344. The van der Waals surface area contributed by atoms with Crippen LogP contribution >= 0.6 is 0 Å². The molecular weight excluding hydrogens is 404 g/mol. The molecule has 0 aliphatic heterocycles. The van der Waals surface area contributed by atoms with Gasteiger partial charge in [-0.15, -0.1) is 10.2 Å². The van der Waals surface area contributed by atoms with E-state index in [9.17, 15) is 9.59 Å². The van der Waals surface area contributed by atoms with Crippen LogP contribution in [0.4, 0.5) is 5.69 Å². The highest BCUT2D eigenvalue weighted by Gasteiger charge is 2.13. The summed E-state index contributed by atoms with van der Waals surface area (Å²) in [5, 5.41) is 13.6. The van der Waals surface area contributed by atoms with E-state index in [4.69, 9.17) is 4.42 Å². The van der Waals surface area contributed by atoms with Gasteiger partial charge in [-0.25, -0.2) is 0 Å². The molecule has 2 amide bonds. The summed E-state index contributed by atoms with van der Waals surface area (Å²) in [5.41, 5.74) is 4.78. The van der Waals surface area contributed by atoms with Crippen LogP contribution in [0, 0.1) is 13.8 Å². The number of hydrogen-bond acceptors (Lipinski definition) is 5. The fourth-order valence-electron chi connectivity index (χ4n) is 3.14. The van der Waals surface area contributed by atoms with Crippen molar-refractivity contribution in [2.24, 2.45) is 0 Å². The number of benzene rings is 3. The average molecular weight is 426 g/mol. The van der Waals surface area contributed by atoms with Gasteiger partial charge in [0.05, 0.1) is 6.54 Å². The molecular formula is C25H22N4O3. The maximum Gasteiger partial charge on any atom is 0.251 e. The van der Waals surface area contributed by atoms with Gasteiger partial charge in [0.15, 0.2) is 0 Å². The highest BCUT2D eigenvalue weighted by molar-refractivity contribution is 5.99. The Kier molecular flexibility index (Phi) is 6.07. The maximum absolute atomic E-state index is 12.4. The molecule has 0 bridgehead atoms. The number of hydrogen-bond donors (Lipinski definition) is 2. The molecule has 0 aliphatic carbocycles. The lowest BCUT2D eigenvalue weighted by molar-refractivity contribution is -0.115. The van der Waals surface area contributed by atoms with E-state index in [0.29, 0.717) is 22.9 Å². The fourth-order valence-corrected chi connectivity index (χ4v) is 3.14. The van der Waals surface area contributed by atoms with Crippen molar-refractivity contribution in [2.75, 3.05) is 11.9 Å². The van der Waals surface area contributed by atoms with Crippen molar-refractivity contribution >= 4 is 17.5 Å². The molecule has 1 heterocycles. The van der Waals surface area contributed by atoms with Crippen LogP contribution in [0.1, 0.15) is 21.5 Å². The topological polar surface area (TPSA) is 97.1 Å². The first-order valence-electron chi connectivity index (χ1n) is 10.1. The highest BCUT2D eigenvalue weighted by atomic mass is 16.4. The molecule has 4 aromatic rings. The minimum Gasteiger partial charge on any atom is -0.416 e. The van der Waals surface area contributed by atoms with Crippen LogP contribution < -0.4 is 10.6 Å². The first-order valence-corrected chi connectivity index (χ1v) is 10.1. The summed E-state index contributed by atoms with van der Waals surface area (Å²) in [5.74, 6) is 0.159. The lowest BCUT2D eigenvalue weighted by atomic mass is 10.1. The number of nitrogens with zero attached hydrogens (tertiary/aromatic N) is 2. The van der Waals surface area contributed by atoms with Crippen LogP contribution in [0.15, 0.2) is 77.2 Å². The summed E-state index contributed by atoms with van der Waals surface area (Å²) in [6.07, 6.45) is 0. The SMILES string of the molecule is Cc1cccc(NC(=O)CNC(=O)c2ccc(-c3nnc(-c4ccccc4)o3)cc2)c1C. The van der Waals surface area contributed by atoms with Crippen molar-refractivity contribution in [2.45, 2.75) is 13.8 Å².